The van der Waals surface area contributed by atoms with Gasteiger partial charge in [-0.05, 0) is 24.4 Å². The Hall–Kier alpha value is -1.39. The number of carbonyl (C=O) groups is 1. The fourth-order valence-electron chi connectivity index (χ4n) is 2.31. The van der Waals surface area contributed by atoms with E-state index >= 15 is 0 Å². The highest BCUT2D eigenvalue weighted by Crippen LogP contribution is 2.16. The molecule has 0 radical (unpaired) electrons. The van der Waals surface area contributed by atoms with Crippen LogP contribution in [0.25, 0.3) is 0 Å². The number of likely N-dealkylation sites (tertiary alicyclic amines) is 1. The van der Waals surface area contributed by atoms with E-state index in [0.717, 1.165) is 18.5 Å². The van der Waals surface area contributed by atoms with Gasteiger partial charge in [-0.1, -0.05) is 37.3 Å². The summed E-state index contributed by atoms with van der Waals surface area (Å²) in [5.41, 5.74) is 1.10. The fourth-order valence-corrected chi connectivity index (χ4v) is 2.31. The van der Waals surface area contributed by atoms with Crippen molar-refractivity contribution in [1.82, 2.24) is 10.2 Å². The third-order valence-corrected chi connectivity index (χ3v) is 3.70. The molecule has 1 aromatic rings. The first kappa shape index (κ1) is 14.0. The minimum atomic E-state index is -0.310. The van der Waals surface area contributed by atoms with Crippen molar-refractivity contribution in [3.05, 3.63) is 35.9 Å². The second kappa shape index (κ2) is 6.68. The smallest absolute Gasteiger partial charge is 0.234 e. The molecule has 1 heterocycles. The standard InChI is InChI=1S/C15H22N2O2/c1-12-7-8-17(10-14(12)18)11-15(19)16-9-13-5-3-2-4-6-13/h2-6,12,14,18H,7-11H2,1H3,(H,16,19). The maximum Gasteiger partial charge on any atom is 0.234 e. The number of benzene rings is 1. The summed E-state index contributed by atoms with van der Waals surface area (Å²) in [4.78, 5) is 13.9. The van der Waals surface area contributed by atoms with Crippen LogP contribution in [0.3, 0.4) is 0 Å². The topological polar surface area (TPSA) is 52.6 Å². The van der Waals surface area contributed by atoms with Crippen LogP contribution >= 0.6 is 0 Å². The van der Waals surface area contributed by atoms with Gasteiger partial charge in [0.25, 0.3) is 0 Å². The summed E-state index contributed by atoms with van der Waals surface area (Å²) in [6.07, 6.45) is 0.642. The zero-order chi connectivity index (χ0) is 13.7. The second-order valence-corrected chi connectivity index (χ2v) is 5.33. The first-order valence-corrected chi connectivity index (χ1v) is 6.86. The highest BCUT2D eigenvalue weighted by molar-refractivity contribution is 5.78. The van der Waals surface area contributed by atoms with Crippen LogP contribution in [0, 0.1) is 5.92 Å². The van der Waals surface area contributed by atoms with E-state index in [4.69, 9.17) is 0 Å². The summed E-state index contributed by atoms with van der Waals surface area (Å²) in [7, 11) is 0. The number of piperidine rings is 1. The maximum atomic E-state index is 11.8. The molecule has 1 aliphatic rings. The van der Waals surface area contributed by atoms with E-state index < -0.39 is 0 Å². The zero-order valence-corrected chi connectivity index (χ0v) is 11.4. The van der Waals surface area contributed by atoms with E-state index in [1.165, 1.54) is 0 Å². The number of nitrogens with zero attached hydrogens (tertiary/aromatic N) is 1. The van der Waals surface area contributed by atoms with Crippen LogP contribution in [0.1, 0.15) is 18.9 Å². The van der Waals surface area contributed by atoms with Crippen molar-refractivity contribution < 1.29 is 9.90 Å². The minimum Gasteiger partial charge on any atom is -0.392 e. The van der Waals surface area contributed by atoms with Crippen molar-refractivity contribution in [2.45, 2.75) is 26.0 Å². The van der Waals surface area contributed by atoms with E-state index in [2.05, 4.69) is 12.2 Å². The number of β-amino-alcohol motifs (C(OH)–C–C–N with tert-alkyl or cyclic N) is 1. The van der Waals surface area contributed by atoms with E-state index in [1.807, 2.05) is 35.2 Å². The highest BCUT2D eigenvalue weighted by atomic mass is 16.3. The molecule has 2 unspecified atom stereocenters. The molecule has 0 saturated carbocycles. The normalized spacial score (nSPS) is 24.1. The summed E-state index contributed by atoms with van der Waals surface area (Å²) in [5.74, 6) is 0.356. The third-order valence-electron chi connectivity index (χ3n) is 3.70. The van der Waals surface area contributed by atoms with Gasteiger partial charge in [0, 0.05) is 13.1 Å². The predicted octanol–water partition coefficient (Wildman–Crippen LogP) is 1.01. The first-order chi connectivity index (χ1) is 9.15. The average molecular weight is 262 g/mol. The molecule has 2 rings (SSSR count). The van der Waals surface area contributed by atoms with Gasteiger partial charge in [-0.15, -0.1) is 0 Å². The third kappa shape index (κ3) is 4.33. The SMILES string of the molecule is CC1CCN(CC(=O)NCc2ccccc2)CC1O. The monoisotopic (exact) mass is 262 g/mol. The number of carbonyl (C=O) groups excluding carboxylic acids is 1. The van der Waals surface area contributed by atoms with Crippen molar-refractivity contribution in [2.24, 2.45) is 5.92 Å². The van der Waals surface area contributed by atoms with Gasteiger partial charge < -0.3 is 10.4 Å². The van der Waals surface area contributed by atoms with Crippen LogP contribution in [0.2, 0.25) is 0 Å². The number of nitrogens with one attached hydrogen (secondary N) is 1. The largest absolute Gasteiger partial charge is 0.392 e. The van der Waals surface area contributed by atoms with E-state index in [9.17, 15) is 9.90 Å². The van der Waals surface area contributed by atoms with Gasteiger partial charge in [0.15, 0.2) is 0 Å². The highest BCUT2D eigenvalue weighted by Gasteiger charge is 2.25. The molecule has 1 aliphatic heterocycles. The zero-order valence-electron chi connectivity index (χ0n) is 11.4. The first-order valence-electron chi connectivity index (χ1n) is 6.86. The van der Waals surface area contributed by atoms with Crippen molar-refractivity contribution in [1.29, 1.82) is 0 Å². The van der Waals surface area contributed by atoms with Crippen molar-refractivity contribution in [3.63, 3.8) is 0 Å². The molecule has 1 aromatic carbocycles. The number of amides is 1. The number of hydrogen-bond donors (Lipinski definition) is 2. The van der Waals surface area contributed by atoms with E-state index in [1.54, 1.807) is 0 Å². The maximum absolute atomic E-state index is 11.8. The minimum absolute atomic E-state index is 0.0191. The van der Waals surface area contributed by atoms with Crippen LogP contribution in [0.4, 0.5) is 0 Å². The molecule has 4 nitrogen and oxygen atoms in total. The lowest BCUT2D eigenvalue weighted by atomic mass is 9.96. The molecular formula is C15H22N2O2. The van der Waals surface area contributed by atoms with Crippen LogP contribution < -0.4 is 5.32 Å². The lowest BCUT2D eigenvalue weighted by Crippen LogP contribution is -2.46. The summed E-state index contributed by atoms with van der Waals surface area (Å²) >= 11 is 0. The van der Waals surface area contributed by atoms with Crippen LogP contribution in [-0.2, 0) is 11.3 Å². The van der Waals surface area contributed by atoms with Gasteiger partial charge in [-0.2, -0.15) is 0 Å². The Balaban J connectivity index is 1.73. The molecule has 4 heteroatoms. The molecule has 0 bridgehead atoms. The average Bonchev–Trinajstić information content (AvgIpc) is 2.42. The van der Waals surface area contributed by atoms with E-state index in [-0.39, 0.29) is 12.0 Å². The molecule has 1 saturated heterocycles. The summed E-state index contributed by atoms with van der Waals surface area (Å²) in [6, 6.07) is 9.87. The molecule has 0 aromatic heterocycles. The number of aliphatic hydroxyl groups is 1. The summed E-state index contributed by atoms with van der Waals surface area (Å²) in [6.45, 7) is 4.47. The summed E-state index contributed by atoms with van der Waals surface area (Å²) in [5, 5.41) is 12.7. The Bertz CT molecular complexity index is 408. The summed E-state index contributed by atoms with van der Waals surface area (Å²) < 4.78 is 0. The molecule has 19 heavy (non-hydrogen) atoms. The molecule has 1 amide bonds. The Morgan fingerprint density at radius 2 is 2.16 bits per heavy atom. The Morgan fingerprint density at radius 3 is 2.84 bits per heavy atom. The quantitative estimate of drug-likeness (QED) is 0.851. The molecule has 0 spiro atoms. The van der Waals surface area contributed by atoms with Crippen molar-refractivity contribution in [3.8, 4) is 0 Å². The molecule has 2 N–H and O–H groups in total. The number of hydrogen-bond acceptors (Lipinski definition) is 3. The van der Waals surface area contributed by atoms with Crippen molar-refractivity contribution in [2.75, 3.05) is 19.6 Å². The van der Waals surface area contributed by atoms with Gasteiger partial charge in [0.2, 0.25) is 5.91 Å². The van der Waals surface area contributed by atoms with Gasteiger partial charge in [0.05, 0.1) is 12.6 Å². The predicted molar refractivity (Wildman–Crippen MR) is 74.5 cm³/mol. The van der Waals surface area contributed by atoms with Gasteiger partial charge in [-0.25, -0.2) is 0 Å². The molecular weight excluding hydrogens is 240 g/mol. The van der Waals surface area contributed by atoms with Crippen molar-refractivity contribution >= 4 is 5.91 Å². The molecule has 2 atom stereocenters. The Morgan fingerprint density at radius 1 is 1.42 bits per heavy atom. The van der Waals surface area contributed by atoms with Gasteiger partial charge in [-0.3, -0.25) is 9.69 Å². The van der Waals surface area contributed by atoms with Crippen LogP contribution in [0.15, 0.2) is 30.3 Å². The van der Waals surface area contributed by atoms with Crippen LogP contribution in [0.5, 0.6) is 0 Å². The molecule has 0 aliphatic carbocycles. The molecule has 104 valence electrons. The number of aliphatic hydroxyl groups excluding tert-OH is 1. The Labute approximate surface area is 114 Å². The Kier molecular flexibility index (Phi) is 4.93. The second-order valence-electron chi connectivity index (χ2n) is 5.33. The van der Waals surface area contributed by atoms with Gasteiger partial charge in [0.1, 0.15) is 0 Å². The number of rotatable bonds is 4. The molecule has 1 fully saturated rings. The van der Waals surface area contributed by atoms with Gasteiger partial charge >= 0.3 is 0 Å². The van der Waals surface area contributed by atoms with E-state index in [0.29, 0.717) is 25.6 Å². The van der Waals surface area contributed by atoms with Crippen LogP contribution in [-0.4, -0.2) is 41.7 Å². The fraction of sp³-hybridized carbons (Fsp3) is 0.533. The lowest BCUT2D eigenvalue weighted by molar-refractivity contribution is -0.123. The lowest BCUT2D eigenvalue weighted by Gasteiger charge is -2.33.